The predicted octanol–water partition coefficient (Wildman–Crippen LogP) is 2.53. The van der Waals surface area contributed by atoms with E-state index in [0.29, 0.717) is 22.5 Å². The van der Waals surface area contributed by atoms with Gasteiger partial charge in [-0.1, -0.05) is 13.8 Å². The molecule has 2 N–H and O–H groups in total. The Morgan fingerprint density at radius 2 is 2.09 bits per heavy atom. The molecule has 0 radical (unpaired) electrons. The summed E-state index contributed by atoms with van der Waals surface area (Å²) in [5.41, 5.74) is 5.69. The third-order valence-electron chi connectivity index (χ3n) is 3.98. The molecule has 0 saturated heterocycles. The number of ether oxygens (including phenoxy) is 1. The van der Waals surface area contributed by atoms with Gasteiger partial charge in [0.25, 0.3) is 0 Å². The number of benzene rings is 1. The van der Waals surface area contributed by atoms with Crippen LogP contribution in [0.2, 0.25) is 0 Å². The Hall–Kier alpha value is -2.37. The molecule has 2 heterocycles. The van der Waals surface area contributed by atoms with Crippen LogP contribution in [0.15, 0.2) is 17.2 Å². The zero-order valence-corrected chi connectivity index (χ0v) is 13.2. The first-order chi connectivity index (χ1) is 10.5. The lowest BCUT2D eigenvalue weighted by atomic mass is 9.94. The quantitative estimate of drug-likeness (QED) is 0.910. The second-order valence-electron chi connectivity index (χ2n) is 5.85. The Balaban J connectivity index is 2.21. The molecule has 1 aliphatic heterocycles. The van der Waals surface area contributed by atoms with Crippen LogP contribution in [-0.2, 0) is 0 Å². The van der Waals surface area contributed by atoms with E-state index in [1.165, 1.54) is 0 Å². The summed E-state index contributed by atoms with van der Waals surface area (Å²) in [4.78, 5) is 8.76. The highest BCUT2D eigenvalue weighted by Gasteiger charge is 2.23. The fourth-order valence-corrected chi connectivity index (χ4v) is 2.68. The summed E-state index contributed by atoms with van der Waals surface area (Å²) in [5.74, 6) is 1.55. The van der Waals surface area contributed by atoms with Crippen LogP contribution in [0.3, 0.4) is 0 Å². The van der Waals surface area contributed by atoms with Gasteiger partial charge in [0.15, 0.2) is 0 Å². The van der Waals surface area contributed by atoms with Gasteiger partial charge in [0.1, 0.15) is 17.1 Å². The molecule has 1 atom stereocenters. The van der Waals surface area contributed by atoms with Crippen LogP contribution in [0.1, 0.15) is 44.0 Å². The van der Waals surface area contributed by atoms with Crippen LogP contribution in [0.5, 0.6) is 11.6 Å². The van der Waals surface area contributed by atoms with Gasteiger partial charge in [-0.3, -0.25) is 0 Å². The van der Waals surface area contributed by atoms with E-state index in [9.17, 15) is 5.11 Å². The largest absolute Gasteiger partial charge is 0.494 e. The maximum Gasteiger partial charge on any atom is 0.222 e. The van der Waals surface area contributed by atoms with Crippen molar-refractivity contribution < 1.29 is 9.84 Å². The summed E-state index contributed by atoms with van der Waals surface area (Å²) >= 11 is 0. The smallest absolute Gasteiger partial charge is 0.222 e. The lowest BCUT2D eigenvalue weighted by Crippen LogP contribution is -2.12. The zero-order valence-electron chi connectivity index (χ0n) is 13.2. The third kappa shape index (κ3) is 2.34. The summed E-state index contributed by atoms with van der Waals surface area (Å²) < 4.78 is 5.49. The molecule has 0 amide bonds. The number of nitrogens with zero attached hydrogens (tertiary/aromatic N) is 3. The number of methoxy groups -OCH3 is 1. The van der Waals surface area contributed by atoms with Crippen LogP contribution in [-0.4, -0.2) is 34.4 Å². The Morgan fingerprint density at radius 3 is 2.68 bits per heavy atom. The summed E-state index contributed by atoms with van der Waals surface area (Å²) in [6.07, 6.45) is 0. The fraction of sp³-hybridized carbons (Fsp3) is 0.438. The highest BCUT2D eigenvalue weighted by Crippen LogP contribution is 2.35. The summed E-state index contributed by atoms with van der Waals surface area (Å²) in [7, 11) is 1.61. The molecule has 0 saturated carbocycles. The second-order valence-corrected chi connectivity index (χ2v) is 5.85. The lowest BCUT2D eigenvalue weighted by Gasteiger charge is -2.15. The normalized spacial score (nSPS) is 17.7. The van der Waals surface area contributed by atoms with Gasteiger partial charge in [0.2, 0.25) is 5.88 Å². The Morgan fingerprint density at radius 1 is 1.32 bits per heavy atom. The molecule has 1 aromatic heterocycles. The van der Waals surface area contributed by atoms with E-state index in [1.807, 2.05) is 32.9 Å². The zero-order chi connectivity index (χ0) is 15.9. The summed E-state index contributed by atoms with van der Waals surface area (Å²) in [5, 5.41) is 15.1. The molecular formula is C16H20N4O2. The van der Waals surface area contributed by atoms with E-state index in [-0.39, 0.29) is 17.7 Å². The van der Waals surface area contributed by atoms with E-state index in [0.717, 1.165) is 17.8 Å². The molecule has 1 unspecified atom stereocenters. The Bertz CT molecular complexity index is 755. The van der Waals surface area contributed by atoms with Crippen molar-refractivity contribution in [1.82, 2.24) is 15.4 Å². The van der Waals surface area contributed by atoms with Gasteiger partial charge in [-0.15, -0.1) is 0 Å². The first-order valence-electron chi connectivity index (χ1n) is 7.36. The van der Waals surface area contributed by atoms with E-state index < -0.39 is 0 Å². The van der Waals surface area contributed by atoms with E-state index >= 15 is 0 Å². The van der Waals surface area contributed by atoms with Gasteiger partial charge >= 0.3 is 0 Å². The highest BCUT2D eigenvalue weighted by molar-refractivity contribution is 5.94. The Labute approximate surface area is 129 Å². The van der Waals surface area contributed by atoms with Crippen molar-refractivity contribution in [2.24, 2.45) is 5.10 Å². The number of hydrazone groups is 1. The number of hydrogen-bond acceptors (Lipinski definition) is 6. The van der Waals surface area contributed by atoms with Crippen molar-refractivity contribution in [3.05, 3.63) is 23.5 Å². The average Bonchev–Trinajstić information content (AvgIpc) is 2.92. The topological polar surface area (TPSA) is 79.6 Å². The predicted molar refractivity (Wildman–Crippen MR) is 85.7 cm³/mol. The van der Waals surface area contributed by atoms with Gasteiger partial charge in [-0.2, -0.15) is 10.1 Å². The van der Waals surface area contributed by atoms with Crippen LogP contribution in [0, 0.1) is 0 Å². The fourth-order valence-electron chi connectivity index (χ4n) is 2.68. The molecule has 0 spiro atoms. The number of nitrogens with one attached hydrogen (secondary N) is 1. The van der Waals surface area contributed by atoms with Crippen molar-refractivity contribution >= 4 is 16.6 Å². The molecule has 1 aliphatic rings. The van der Waals surface area contributed by atoms with Crippen LogP contribution >= 0.6 is 0 Å². The highest BCUT2D eigenvalue weighted by atomic mass is 16.5. The van der Waals surface area contributed by atoms with Crippen molar-refractivity contribution in [3.8, 4) is 11.6 Å². The molecule has 6 heteroatoms. The minimum atomic E-state index is -0.00519. The molecule has 0 aliphatic carbocycles. The molecular weight excluding hydrogens is 280 g/mol. The SMILES string of the molecule is COc1cc(C2CNN=C2C)cc2c(O)nc(C(C)C)nc12. The minimum absolute atomic E-state index is 0.00519. The van der Waals surface area contributed by atoms with Gasteiger partial charge in [-0.25, -0.2) is 4.98 Å². The molecule has 6 nitrogen and oxygen atoms in total. The first-order valence-corrected chi connectivity index (χ1v) is 7.36. The maximum atomic E-state index is 10.3. The third-order valence-corrected chi connectivity index (χ3v) is 3.98. The van der Waals surface area contributed by atoms with E-state index in [4.69, 9.17) is 4.74 Å². The number of aromatic nitrogens is 2. The van der Waals surface area contributed by atoms with Crippen molar-refractivity contribution in [1.29, 1.82) is 0 Å². The molecule has 22 heavy (non-hydrogen) atoms. The number of rotatable bonds is 3. The van der Waals surface area contributed by atoms with Crippen LogP contribution < -0.4 is 10.2 Å². The average molecular weight is 300 g/mol. The molecule has 0 fully saturated rings. The summed E-state index contributed by atoms with van der Waals surface area (Å²) in [6, 6.07) is 3.89. The lowest BCUT2D eigenvalue weighted by molar-refractivity contribution is 0.416. The summed E-state index contributed by atoms with van der Waals surface area (Å²) in [6.45, 7) is 6.71. The van der Waals surface area contributed by atoms with E-state index in [2.05, 4.69) is 20.5 Å². The van der Waals surface area contributed by atoms with Gasteiger partial charge < -0.3 is 15.3 Å². The number of fused-ring (bicyclic) bond motifs is 1. The molecule has 2 aromatic rings. The van der Waals surface area contributed by atoms with Crippen molar-refractivity contribution in [2.45, 2.75) is 32.6 Å². The first kappa shape index (κ1) is 14.6. The van der Waals surface area contributed by atoms with Gasteiger partial charge in [0, 0.05) is 24.1 Å². The second kappa shape index (κ2) is 5.44. The molecule has 0 bridgehead atoms. The van der Waals surface area contributed by atoms with E-state index in [1.54, 1.807) is 7.11 Å². The van der Waals surface area contributed by atoms with Gasteiger partial charge in [0.05, 0.1) is 12.5 Å². The monoisotopic (exact) mass is 300 g/mol. The van der Waals surface area contributed by atoms with Crippen molar-refractivity contribution in [2.75, 3.05) is 13.7 Å². The number of aromatic hydroxyl groups is 1. The Kier molecular flexibility index (Phi) is 3.60. The minimum Gasteiger partial charge on any atom is -0.494 e. The maximum absolute atomic E-state index is 10.3. The van der Waals surface area contributed by atoms with Gasteiger partial charge in [-0.05, 0) is 24.6 Å². The molecule has 1 aromatic carbocycles. The molecule has 116 valence electrons. The van der Waals surface area contributed by atoms with Crippen LogP contribution in [0.4, 0.5) is 0 Å². The van der Waals surface area contributed by atoms with Crippen LogP contribution in [0.25, 0.3) is 10.9 Å². The standard InChI is InChI=1S/C16H20N4O2/c1-8(2)15-18-14-11(16(21)19-15)5-10(6-13(14)22-4)12-7-17-20-9(12)3/h5-6,8,12,17H,7H2,1-4H3,(H,18,19,21). The van der Waals surface area contributed by atoms with Crippen molar-refractivity contribution in [3.63, 3.8) is 0 Å². The number of hydrogen-bond donors (Lipinski definition) is 2. The molecule has 3 rings (SSSR count).